The lowest BCUT2D eigenvalue weighted by molar-refractivity contribution is -0.150. The van der Waals surface area contributed by atoms with Crippen molar-refractivity contribution in [2.24, 2.45) is 0 Å². The molecule has 0 atom stereocenters. The maximum Gasteiger partial charge on any atom is 0.705 e. The third kappa shape index (κ3) is 6.99. The van der Waals surface area contributed by atoms with E-state index in [9.17, 15) is 27.6 Å². The Labute approximate surface area is 162 Å². The Kier molecular flexibility index (Phi) is 9.16. The van der Waals surface area contributed by atoms with E-state index in [0.717, 1.165) is 12.1 Å². The van der Waals surface area contributed by atoms with Crippen LogP contribution < -0.4 is 0 Å². The molecule has 10 heteroatoms. The molecule has 1 aromatic carbocycles. The molecule has 6 nitrogen and oxygen atoms in total. The second-order valence-corrected chi connectivity index (χ2v) is 8.37. The molecule has 1 aromatic rings. The molecule has 0 heterocycles. The predicted octanol–water partition coefficient (Wildman–Crippen LogP) is 3.84. The van der Waals surface area contributed by atoms with Crippen LogP contribution in [0.4, 0.5) is 13.2 Å². The van der Waals surface area contributed by atoms with E-state index in [1.54, 1.807) is 0 Å². The lowest BCUT2D eigenvalue weighted by Gasteiger charge is -2.27. The lowest BCUT2D eigenvalue weighted by Crippen LogP contribution is -2.50. The summed E-state index contributed by atoms with van der Waals surface area (Å²) in [4.78, 5) is 35.4. The lowest BCUT2D eigenvalue weighted by atomic mass is 10.1. The molecule has 0 saturated carbocycles. The second-order valence-electron chi connectivity index (χ2n) is 5.89. The van der Waals surface area contributed by atoms with Gasteiger partial charge in [0.25, 0.3) is 17.9 Å². The van der Waals surface area contributed by atoms with Gasteiger partial charge in [0.1, 0.15) is 0 Å². The molecule has 0 bridgehead atoms. The highest BCUT2D eigenvalue weighted by Crippen LogP contribution is 2.23. The number of hydrogen-bond donors (Lipinski definition) is 0. The summed E-state index contributed by atoms with van der Waals surface area (Å²) in [6, 6.07) is 1.56. The van der Waals surface area contributed by atoms with E-state index in [1.807, 2.05) is 0 Å². The van der Waals surface area contributed by atoms with Crippen molar-refractivity contribution in [1.82, 2.24) is 0 Å². The minimum absolute atomic E-state index is 0.0313. The third-order valence-corrected chi connectivity index (χ3v) is 6.25. The van der Waals surface area contributed by atoms with Crippen molar-refractivity contribution in [2.45, 2.75) is 58.9 Å². The molecular formula is C18H23F3O6Si. The van der Waals surface area contributed by atoms with Gasteiger partial charge in [-0.05, 0) is 30.5 Å². The van der Waals surface area contributed by atoms with Crippen molar-refractivity contribution in [3.63, 3.8) is 0 Å². The Balaban J connectivity index is 3.02. The zero-order valence-electron chi connectivity index (χ0n) is 16.0. The van der Waals surface area contributed by atoms with Gasteiger partial charge in [0.15, 0.2) is 17.5 Å². The summed E-state index contributed by atoms with van der Waals surface area (Å²) >= 11 is 0. The van der Waals surface area contributed by atoms with Crippen molar-refractivity contribution >= 4 is 26.7 Å². The van der Waals surface area contributed by atoms with Crippen LogP contribution in [-0.2, 0) is 34.1 Å². The largest absolute Gasteiger partial charge is 0.705 e. The average molecular weight is 420 g/mol. The molecule has 0 saturated heterocycles. The molecule has 0 unspecified atom stereocenters. The fourth-order valence-corrected chi connectivity index (χ4v) is 4.73. The number of hydrogen-bond acceptors (Lipinski definition) is 6. The van der Waals surface area contributed by atoms with E-state index < -0.39 is 44.2 Å². The van der Waals surface area contributed by atoms with Crippen molar-refractivity contribution in [3.05, 3.63) is 35.1 Å². The quantitative estimate of drug-likeness (QED) is 0.423. The Hall–Kier alpha value is -2.36. The highest BCUT2D eigenvalue weighted by atomic mass is 28.4. The van der Waals surface area contributed by atoms with Gasteiger partial charge < -0.3 is 13.3 Å². The molecule has 0 aliphatic rings. The number of halogens is 3. The van der Waals surface area contributed by atoms with Gasteiger partial charge in [-0.3, -0.25) is 14.4 Å². The SMILES string of the molecule is CCC(=O)O[Si](CCCc1cc(F)c(F)c(F)c1)(OC(=O)CC)OC(=O)CC. The average Bonchev–Trinajstić information content (AvgIpc) is 2.65. The third-order valence-electron chi connectivity index (χ3n) is 3.67. The first-order valence-corrected chi connectivity index (χ1v) is 10.9. The van der Waals surface area contributed by atoms with Gasteiger partial charge in [0.05, 0.1) is 6.04 Å². The summed E-state index contributed by atoms with van der Waals surface area (Å²) in [6.07, 6.45) is 0.0745. The minimum Gasteiger partial charge on any atom is -0.455 e. The fourth-order valence-electron chi connectivity index (χ4n) is 2.21. The van der Waals surface area contributed by atoms with Crippen LogP contribution in [-0.4, -0.2) is 26.7 Å². The predicted molar refractivity (Wildman–Crippen MR) is 94.3 cm³/mol. The minimum atomic E-state index is -4.05. The van der Waals surface area contributed by atoms with Crippen molar-refractivity contribution < 1.29 is 40.8 Å². The van der Waals surface area contributed by atoms with E-state index in [4.69, 9.17) is 13.3 Å². The van der Waals surface area contributed by atoms with Crippen molar-refractivity contribution in [2.75, 3.05) is 0 Å². The smallest absolute Gasteiger partial charge is 0.455 e. The molecule has 0 aliphatic carbocycles. The Morgan fingerprint density at radius 1 is 0.821 bits per heavy atom. The molecular weight excluding hydrogens is 397 g/mol. The van der Waals surface area contributed by atoms with Gasteiger partial charge in [-0.2, -0.15) is 0 Å². The van der Waals surface area contributed by atoms with E-state index >= 15 is 0 Å². The molecule has 156 valence electrons. The Bertz CT molecular complexity index is 657. The molecule has 0 aliphatic heterocycles. The summed E-state index contributed by atoms with van der Waals surface area (Å²) in [7, 11) is -4.05. The van der Waals surface area contributed by atoms with Gasteiger partial charge in [-0.25, -0.2) is 13.2 Å². The van der Waals surface area contributed by atoms with Crippen molar-refractivity contribution in [3.8, 4) is 0 Å². The zero-order chi connectivity index (χ0) is 21.3. The van der Waals surface area contributed by atoms with Crippen molar-refractivity contribution in [1.29, 1.82) is 0 Å². The Morgan fingerprint density at radius 3 is 1.57 bits per heavy atom. The molecule has 0 radical (unpaired) electrons. The first-order valence-electron chi connectivity index (χ1n) is 8.95. The number of carbonyl (C=O) groups excluding carboxylic acids is 3. The van der Waals surface area contributed by atoms with Crippen LogP contribution in [0.15, 0.2) is 12.1 Å². The van der Waals surface area contributed by atoms with Crippen LogP contribution in [0.25, 0.3) is 0 Å². The molecule has 0 N–H and O–H groups in total. The van der Waals surface area contributed by atoms with Gasteiger partial charge >= 0.3 is 8.80 Å². The highest BCUT2D eigenvalue weighted by molar-refractivity contribution is 6.65. The topological polar surface area (TPSA) is 78.9 Å². The number of benzene rings is 1. The molecule has 0 aromatic heterocycles. The van der Waals surface area contributed by atoms with E-state index in [1.165, 1.54) is 20.8 Å². The van der Waals surface area contributed by atoms with E-state index in [2.05, 4.69) is 0 Å². The van der Waals surface area contributed by atoms with Crippen LogP contribution in [0.5, 0.6) is 0 Å². The fraction of sp³-hybridized carbons (Fsp3) is 0.500. The van der Waals surface area contributed by atoms with Crippen LogP contribution >= 0.6 is 0 Å². The second kappa shape index (κ2) is 10.8. The van der Waals surface area contributed by atoms with Crippen LogP contribution in [0.1, 0.15) is 52.0 Å². The monoisotopic (exact) mass is 420 g/mol. The first kappa shape index (κ1) is 23.7. The van der Waals surface area contributed by atoms with Crippen LogP contribution in [0.3, 0.4) is 0 Å². The maximum absolute atomic E-state index is 13.3. The molecule has 0 amide bonds. The van der Waals surface area contributed by atoms with Gasteiger partial charge in [-0.15, -0.1) is 0 Å². The summed E-state index contributed by atoms with van der Waals surface area (Å²) in [5.41, 5.74) is 0.157. The molecule has 0 spiro atoms. The number of rotatable bonds is 10. The summed E-state index contributed by atoms with van der Waals surface area (Å²) in [5.74, 6) is -6.36. The molecule has 1 rings (SSSR count). The maximum atomic E-state index is 13.3. The number of carbonyl (C=O) groups is 3. The molecule has 28 heavy (non-hydrogen) atoms. The number of aryl methyl sites for hydroxylation is 1. The van der Waals surface area contributed by atoms with Crippen LogP contribution in [0.2, 0.25) is 6.04 Å². The summed E-state index contributed by atoms with van der Waals surface area (Å²) in [6.45, 7) is 4.57. The zero-order valence-corrected chi connectivity index (χ0v) is 17.0. The molecule has 0 fully saturated rings. The van der Waals surface area contributed by atoms with E-state index in [-0.39, 0.29) is 43.7 Å². The summed E-state index contributed by atoms with van der Waals surface area (Å²) < 4.78 is 55.5. The Morgan fingerprint density at radius 2 is 1.21 bits per heavy atom. The standard InChI is InChI=1S/C18H23F3O6Si/c1-4-15(22)25-28(26-16(23)5-2,27-17(24)6-3)9-7-8-12-10-13(19)18(21)14(20)11-12/h10-11H,4-9H2,1-3H3. The summed E-state index contributed by atoms with van der Waals surface area (Å²) in [5, 5.41) is 0. The highest BCUT2D eigenvalue weighted by Gasteiger charge is 2.52. The van der Waals surface area contributed by atoms with Gasteiger partial charge in [-0.1, -0.05) is 20.8 Å². The van der Waals surface area contributed by atoms with Gasteiger partial charge in [0, 0.05) is 19.3 Å². The first-order chi connectivity index (χ1) is 13.2. The normalized spacial score (nSPS) is 11.1. The van der Waals surface area contributed by atoms with E-state index in [0.29, 0.717) is 0 Å². The van der Waals surface area contributed by atoms with Crippen LogP contribution in [0, 0.1) is 17.5 Å². The van der Waals surface area contributed by atoms with Gasteiger partial charge in [0.2, 0.25) is 0 Å².